The number of hydrogen-bond donors (Lipinski definition) is 2. The van der Waals surface area contributed by atoms with Crippen LogP contribution in [-0.4, -0.2) is 16.7 Å². The van der Waals surface area contributed by atoms with Crippen LogP contribution in [0.5, 0.6) is 0 Å². The van der Waals surface area contributed by atoms with Crippen LogP contribution in [0.2, 0.25) is 0 Å². The van der Waals surface area contributed by atoms with Gasteiger partial charge in [-0.05, 0) is 49.8 Å². The molecule has 1 aliphatic rings. The molecule has 1 aromatic carbocycles. The number of rotatable bonds is 3. The molecule has 0 radical (unpaired) electrons. The van der Waals surface area contributed by atoms with Gasteiger partial charge < -0.3 is 5.32 Å². The van der Waals surface area contributed by atoms with E-state index in [1.165, 1.54) is 24.1 Å². The first-order valence-electron chi connectivity index (χ1n) is 7.05. The maximum atomic E-state index is 4.05. The zero-order valence-electron chi connectivity index (χ0n) is 11.6. The van der Waals surface area contributed by atoms with E-state index >= 15 is 0 Å². The van der Waals surface area contributed by atoms with Crippen LogP contribution >= 0.6 is 0 Å². The smallest absolute Gasteiger partial charge is 0.0670 e. The van der Waals surface area contributed by atoms with Gasteiger partial charge >= 0.3 is 0 Å². The van der Waals surface area contributed by atoms with Crippen LogP contribution in [0.25, 0.3) is 10.9 Å². The van der Waals surface area contributed by atoms with Crippen LogP contribution in [0.15, 0.2) is 36.0 Å². The van der Waals surface area contributed by atoms with Gasteiger partial charge in [-0.2, -0.15) is 5.10 Å². The summed E-state index contributed by atoms with van der Waals surface area (Å²) in [7, 11) is 0. The summed E-state index contributed by atoms with van der Waals surface area (Å²) in [5.41, 5.74) is 3.81. The molecule has 1 aliphatic carbocycles. The standard InChI is InChI=1S/C16H21N3/c1-11-5-12(2)7-13(6-11)9-17-15-4-3-14-10-18-19-16(14)8-15/h3-5,8,10-11,13,17H,6-7,9H2,1-2H3,(H,18,19). The van der Waals surface area contributed by atoms with Crippen molar-refractivity contribution in [3.05, 3.63) is 36.0 Å². The molecule has 1 aromatic heterocycles. The van der Waals surface area contributed by atoms with Gasteiger partial charge in [0.15, 0.2) is 0 Å². The summed E-state index contributed by atoms with van der Waals surface area (Å²) in [6.45, 7) is 5.61. The van der Waals surface area contributed by atoms with E-state index in [4.69, 9.17) is 0 Å². The van der Waals surface area contributed by atoms with E-state index in [1.54, 1.807) is 0 Å². The number of aromatic nitrogens is 2. The first kappa shape index (κ1) is 12.3. The molecule has 3 rings (SSSR count). The molecular formula is C16H21N3. The van der Waals surface area contributed by atoms with Gasteiger partial charge in [-0.15, -0.1) is 0 Å². The summed E-state index contributed by atoms with van der Waals surface area (Å²) in [5, 5.41) is 11.8. The van der Waals surface area contributed by atoms with E-state index in [1.807, 2.05) is 6.20 Å². The maximum absolute atomic E-state index is 4.05. The molecule has 2 N–H and O–H groups in total. The molecule has 0 amide bonds. The van der Waals surface area contributed by atoms with E-state index in [0.717, 1.165) is 29.3 Å². The van der Waals surface area contributed by atoms with Crippen molar-refractivity contribution in [3.63, 3.8) is 0 Å². The lowest BCUT2D eigenvalue weighted by Gasteiger charge is -2.26. The van der Waals surface area contributed by atoms with Crippen LogP contribution in [0.3, 0.4) is 0 Å². The topological polar surface area (TPSA) is 40.7 Å². The van der Waals surface area contributed by atoms with E-state index < -0.39 is 0 Å². The Bertz CT molecular complexity index is 597. The fraction of sp³-hybridized carbons (Fsp3) is 0.438. The predicted molar refractivity (Wildman–Crippen MR) is 80.2 cm³/mol. The highest BCUT2D eigenvalue weighted by molar-refractivity contribution is 5.81. The first-order valence-corrected chi connectivity index (χ1v) is 7.05. The highest BCUT2D eigenvalue weighted by Crippen LogP contribution is 2.28. The predicted octanol–water partition coefficient (Wildman–Crippen LogP) is 3.97. The average molecular weight is 255 g/mol. The summed E-state index contributed by atoms with van der Waals surface area (Å²) in [6.07, 6.45) is 6.78. The highest BCUT2D eigenvalue weighted by atomic mass is 15.1. The van der Waals surface area contributed by atoms with Crippen LogP contribution in [0.1, 0.15) is 26.7 Å². The molecular weight excluding hydrogens is 234 g/mol. The Morgan fingerprint density at radius 2 is 2.32 bits per heavy atom. The molecule has 2 atom stereocenters. The highest BCUT2D eigenvalue weighted by Gasteiger charge is 2.17. The van der Waals surface area contributed by atoms with Crippen LogP contribution in [-0.2, 0) is 0 Å². The largest absolute Gasteiger partial charge is 0.385 e. The number of benzene rings is 1. The lowest BCUT2D eigenvalue weighted by Crippen LogP contribution is -2.20. The lowest BCUT2D eigenvalue weighted by molar-refractivity contribution is 0.421. The average Bonchev–Trinajstić information content (AvgIpc) is 2.82. The SMILES string of the molecule is CC1=CC(C)CC(CNc2ccc3cn[nH]c3c2)C1. The van der Waals surface area contributed by atoms with E-state index in [9.17, 15) is 0 Å². The molecule has 0 fully saturated rings. The van der Waals surface area contributed by atoms with Gasteiger partial charge in [0.2, 0.25) is 0 Å². The van der Waals surface area contributed by atoms with Gasteiger partial charge in [0.05, 0.1) is 11.7 Å². The summed E-state index contributed by atoms with van der Waals surface area (Å²) in [6, 6.07) is 6.37. The minimum absolute atomic E-state index is 0.718. The Balaban J connectivity index is 1.64. The quantitative estimate of drug-likeness (QED) is 0.815. The Hall–Kier alpha value is -1.77. The monoisotopic (exact) mass is 255 g/mol. The Kier molecular flexibility index (Phi) is 3.28. The van der Waals surface area contributed by atoms with Crippen molar-refractivity contribution >= 4 is 16.6 Å². The Labute approximate surface area is 114 Å². The second kappa shape index (κ2) is 5.08. The molecule has 0 aliphatic heterocycles. The van der Waals surface area contributed by atoms with Gasteiger partial charge in [-0.25, -0.2) is 0 Å². The van der Waals surface area contributed by atoms with Crippen molar-refractivity contribution in [1.82, 2.24) is 10.2 Å². The molecule has 3 heteroatoms. The van der Waals surface area contributed by atoms with Crippen molar-refractivity contribution in [1.29, 1.82) is 0 Å². The van der Waals surface area contributed by atoms with Gasteiger partial charge in [0.25, 0.3) is 0 Å². The Morgan fingerprint density at radius 1 is 1.42 bits per heavy atom. The summed E-state index contributed by atoms with van der Waals surface area (Å²) >= 11 is 0. The van der Waals surface area contributed by atoms with Gasteiger partial charge in [-0.1, -0.05) is 18.6 Å². The third kappa shape index (κ3) is 2.80. The zero-order valence-corrected chi connectivity index (χ0v) is 11.6. The zero-order chi connectivity index (χ0) is 13.2. The number of allylic oxidation sites excluding steroid dienone is 2. The normalized spacial score (nSPS) is 23.4. The third-order valence-corrected chi connectivity index (χ3v) is 3.92. The molecule has 3 nitrogen and oxygen atoms in total. The van der Waals surface area contributed by atoms with Gasteiger partial charge in [0.1, 0.15) is 0 Å². The number of anilines is 1. The van der Waals surface area contributed by atoms with E-state index in [2.05, 4.69) is 53.6 Å². The summed E-state index contributed by atoms with van der Waals surface area (Å²) in [5.74, 6) is 1.47. The molecule has 2 aromatic rings. The molecule has 0 saturated carbocycles. The van der Waals surface area contributed by atoms with Crippen LogP contribution < -0.4 is 5.32 Å². The number of aromatic amines is 1. The van der Waals surface area contributed by atoms with Crippen molar-refractivity contribution in [3.8, 4) is 0 Å². The first-order chi connectivity index (χ1) is 9.20. The molecule has 1 heterocycles. The molecule has 0 bridgehead atoms. The number of nitrogens with zero attached hydrogens (tertiary/aromatic N) is 1. The summed E-state index contributed by atoms with van der Waals surface area (Å²) in [4.78, 5) is 0. The molecule has 0 saturated heterocycles. The molecule has 19 heavy (non-hydrogen) atoms. The van der Waals surface area contributed by atoms with Crippen molar-refractivity contribution in [2.75, 3.05) is 11.9 Å². The van der Waals surface area contributed by atoms with Crippen molar-refractivity contribution < 1.29 is 0 Å². The second-order valence-corrected chi connectivity index (χ2v) is 5.85. The second-order valence-electron chi connectivity index (χ2n) is 5.85. The van der Waals surface area contributed by atoms with E-state index in [-0.39, 0.29) is 0 Å². The minimum atomic E-state index is 0.718. The molecule has 0 spiro atoms. The number of H-pyrrole nitrogens is 1. The molecule has 100 valence electrons. The fourth-order valence-electron chi connectivity index (χ4n) is 3.15. The van der Waals surface area contributed by atoms with Gasteiger partial charge in [-0.3, -0.25) is 5.10 Å². The summed E-state index contributed by atoms with van der Waals surface area (Å²) < 4.78 is 0. The van der Waals surface area contributed by atoms with Crippen LogP contribution in [0, 0.1) is 11.8 Å². The number of nitrogens with one attached hydrogen (secondary N) is 2. The lowest BCUT2D eigenvalue weighted by atomic mass is 9.84. The van der Waals surface area contributed by atoms with Crippen molar-refractivity contribution in [2.45, 2.75) is 26.7 Å². The Morgan fingerprint density at radius 3 is 3.16 bits per heavy atom. The maximum Gasteiger partial charge on any atom is 0.0670 e. The minimum Gasteiger partial charge on any atom is -0.385 e. The molecule has 2 unspecified atom stereocenters. The van der Waals surface area contributed by atoms with Crippen LogP contribution in [0.4, 0.5) is 5.69 Å². The fourth-order valence-corrected chi connectivity index (χ4v) is 3.15. The number of hydrogen-bond acceptors (Lipinski definition) is 2. The van der Waals surface area contributed by atoms with Gasteiger partial charge in [0, 0.05) is 17.6 Å². The van der Waals surface area contributed by atoms with Crippen molar-refractivity contribution in [2.24, 2.45) is 11.8 Å². The number of fused-ring (bicyclic) bond motifs is 1. The third-order valence-electron chi connectivity index (χ3n) is 3.92. The van der Waals surface area contributed by atoms with E-state index in [0.29, 0.717) is 0 Å².